The second-order valence-electron chi connectivity index (χ2n) is 3.68. The molecule has 0 aliphatic carbocycles. The number of amides is 3. The van der Waals surface area contributed by atoms with Crippen LogP contribution in [-0.4, -0.2) is 35.7 Å². The normalized spacial score (nSPS) is 16.0. The summed E-state index contributed by atoms with van der Waals surface area (Å²) < 4.78 is 0. The third-order valence-corrected chi connectivity index (χ3v) is 3.68. The predicted octanol–water partition coefficient (Wildman–Crippen LogP) is 0.869. The molecule has 1 aromatic heterocycles. The summed E-state index contributed by atoms with van der Waals surface area (Å²) in [7, 11) is 1.49. The van der Waals surface area contributed by atoms with E-state index in [1.54, 1.807) is 18.4 Å². The molecular formula is C11H12N2O3S. The SMILES string of the molecule is CC[C@@H](C(=O)NC)N1C(=O)c2ccsc2C1=O. The van der Waals surface area contributed by atoms with Crippen LogP contribution in [0, 0.1) is 0 Å². The minimum absolute atomic E-state index is 0.315. The van der Waals surface area contributed by atoms with Crippen LogP contribution in [0.15, 0.2) is 11.4 Å². The Balaban J connectivity index is 2.36. The molecule has 1 atom stereocenters. The second kappa shape index (κ2) is 4.29. The van der Waals surface area contributed by atoms with Gasteiger partial charge in [-0.15, -0.1) is 11.3 Å². The lowest BCUT2D eigenvalue weighted by atomic mass is 10.2. The highest BCUT2D eigenvalue weighted by molar-refractivity contribution is 7.12. The highest BCUT2D eigenvalue weighted by atomic mass is 32.1. The van der Waals surface area contributed by atoms with Gasteiger partial charge in [-0.25, -0.2) is 0 Å². The molecule has 17 heavy (non-hydrogen) atoms. The van der Waals surface area contributed by atoms with Crippen molar-refractivity contribution < 1.29 is 14.4 Å². The Morgan fingerprint density at radius 3 is 2.71 bits per heavy atom. The minimum Gasteiger partial charge on any atom is -0.357 e. The molecule has 0 radical (unpaired) electrons. The van der Waals surface area contributed by atoms with Gasteiger partial charge in [-0.05, 0) is 17.9 Å². The number of rotatable bonds is 3. The van der Waals surface area contributed by atoms with Gasteiger partial charge >= 0.3 is 0 Å². The van der Waals surface area contributed by atoms with Crippen molar-refractivity contribution in [3.63, 3.8) is 0 Å². The van der Waals surface area contributed by atoms with Crippen LogP contribution in [0.25, 0.3) is 0 Å². The van der Waals surface area contributed by atoms with Crippen LogP contribution in [0.4, 0.5) is 0 Å². The summed E-state index contributed by atoms with van der Waals surface area (Å²) in [4.78, 5) is 37.2. The van der Waals surface area contributed by atoms with Crippen LogP contribution >= 0.6 is 11.3 Å². The Hall–Kier alpha value is -1.69. The maximum absolute atomic E-state index is 12.0. The average Bonchev–Trinajstić information content (AvgIpc) is 2.89. The number of nitrogens with zero attached hydrogens (tertiary/aromatic N) is 1. The number of hydrogen-bond acceptors (Lipinski definition) is 4. The summed E-state index contributed by atoms with van der Waals surface area (Å²) in [6.07, 6.45) is 0.409. The fraction of sp³-hybridized carbons (Fsp3) is 0.364. The lowest BCUT2D eigenvalue weighted by molar-refractivity contribution is -0.124. The zero-order valence-electron chi connectivity index (χ0n) is 9.52. The first-order valence-electron chi connectivity index (χ1n) is 5.28. The molecule has 2 heterocycles. The molecule has 6 heteroatoms. The van der Waals surface area contributed by atoms with Crippen LogP contribution in [0.1, 0.15) is 33.4 Å². The minimum atomic E-state index is -0.723. The van der Waals surface area contributed by atoms with E-state index in [-0.39, 0.29) is 17.7 Å². The number of fused-ring (bicyclic) bond motifs is 1. The molecule has 90 valence electrons. The van der Waals surface area contributed by atoms with Crippen molar-refractivity contribution in [3.8, 4) is 0 Å². The number of carbonyl (C=O) groups is 3. The van der Waals surface area contributed by atoms with E-state index >= 15 is 0 Å². The van der Waals surface area contributed by atoms with E-state index in [2.05, 4.69) is 5.32 Å². The molecule has 0 spiro atoms. The first-order valence-corrected chi connectivity index (χ1v) is 6.16. The molecule has 2 rings (SSSR count). The fourth-order valence-corrected chi connectivity index (χ4v) is 2.73. The van der Waals surface area contributed by atoms with Gasteiger partial charge in [0.15, 0.2) is 0 Å². The van der Waals surface area contributed by atoms with Crippen LogP contribution in [0.5, 0.6) is 0 Å². The highest BCUT2D eigenvalue weighted by Crippen LogP contribution is 2.29. The zero-order chi connectivity index (χ0) is 12.6. The van der Waals surface area contributed by atoms with Gasteiger partial charge in [0, 0.05) is 7.05 Å². The lowest BCUT2D eigenvalue weighted by Crippen LogP contribution is -2.48. The summed E-state index contributed by atoms with van der Waals surface area (Å²) in [5.74, 6) is -1.05. The third kappa shape index (κ3) is 1.64. The lowest BCUT2D eigenvalue weighted by Gasteiger charge is -2.23. The second-order valence-corrected chi connectivity index (χ2v) is 4.60. The van der Waals surface area contributed by atoms with E-state index in [9.17, 15) is 14.4 Å². The number of carbonyl (C=O) groups excluding carboxylic acids is 3. The topological polar surface area (TPSA) is 66.5 Å². The quantitative estimate of drug-likeness (QED) is 0.812. The van der Waals surface area contributed by atoms with Gasteiger partial charge in [-0.3, -0.25) is 19.3 Å². The maximum atomic E-state index is 12.0. The Labute approximate surface area is 102 Å². The number of thiophene rings is 1. The van der Waals surface area contributed by atoms with E-state index in [1.165, 1.54) is 18.4 Å². The monoisotopic (exact) mass is 252 g/mol. The van der Waals surface area contributed by atoms with Crippen molar-refractivity contribution in [1.29, 1.82) is 0 Å². The molecule has 0 saturated carbocycles. The number of hydrogen-bond donors (Lipinski definition) is 1. The molecule has 1 aliphatic rings. The molecule has 0 unspecified atom stereocenters. The first-order chi connectivity index (χ1) is 8.11. The van der Waals surface area contributed by atoms with E-state index in [4.69, 9.17) is 0 Å². The molecule has 5 nitrogen and oxygen atoms in total. The molecule has 1 aromatic rings. The van der Waals surface area contributed by atoms with Crippen LogP contribution in [0.2, 0.25) is 0 Å². The van der Waals surface area contributed by atoms with E-state index in [0.29, 0.717) is 16.9 Å². The molecule has 1 N–H and O–H groups in total. The van der Waals surface area contributed by atoms with Gasteiger partial charge < -0.3 is 5.32 Å². The molecule has 0 saturated heterocycles. The third-order valence-electron chi connectivity index (χ3n) is 2.77. The van der Waals surface area contributed by atoms with Crippen molar-refractivity contribution in [2.45, 2.75) is 19.4 Å². The fourth-order valence-electron chi connectivity index (χ4n) is 1.91. The van der Waals surface area contributed by atoms with Gasteiger partial charge in [-0.2, -0.15) is 0 Å². The van der Waals surface area contributed by atoms with Gasteiger partial charge in [0.2, 0.25) is 5.91 Å². The van der Waals surface area contributed by atoms with Crippen molar-refractivity contribution >= 4 is 29.1 Å². The Bertz CT molecular complexity index is 464. The van der Waals surface area contributed by atoms with Gasteiger partial charge in [0.1, 0.15) is 10.9 Å². The van der Waals surface area contributed by atoms with Crippen molar-refractivity contribution in [3.05, 3.63) is 21.9 Å². The van der Waals surface area contributed by atoms with Crippen molar-refractivity contribution in [2.24, 2.45) is 0 Å². The Morgan fingerprint density at radius 2 is 2.18 bits per heavy atom. The van der Waals surface area contributed by atoms with E-state index in [0.717, 1.165) is 4.90 Å². The summed E-state index contributed by atoms with van der Waals surface area (Å²) in [5.41, 5.74) is 0.405. The maximum Gasteiger partial charge on any atom is 0.272 e. The van der Waals surface area contributed by atoms with E-state index < -0.39 is 6.04 Å². The zero-order valence-corrected chi connectivity index (χ0v) is 10.3. The first kappa shape index (κ1) is 11.8. The summed E-state index contributed by atoms with van der Waals surface area (Å²) in [6, 6.07) is 0.899. The molecular weight excluding hydrogens is 240 g/mol. The average molecular weight is 252 g/mol. The molecule has 1 aliphatic heterocycles. The molecule has 0 bridgehead atoms. The predicted molar refractivity (Wildman–Crippen MR) is 63.0 cm³/mol. The van der Waals surface area contributed by atoms with Gasteiger partial charge in [0.25, 0.3) is 11.8 Å². The van der Waals surface area contributed by atoms with Crippen molar-refractivity contribution in [1.82, 2.24) is 10.2 Å². The standard InChI is InChI=1S/C11H12N2O3S/c1-3-7(9(14)12-2)13-10(15)6-4-5-17-8(6)11(13)16/h4-5,7H,3H2,1-2H3,(H,12,14)/t7-/m0/s1. The Morgan fingerprint density at radius 1 is 1.47 bits per heavy atom. The smallest absolute Gasteiger partial charge is 0.272 e. The summed E-state index contributed by atoms with van der Waals surface area (Å²) >= 11 is 1.23. The number of nitrogens with one attached hydrogen (secondary N) is 1. The molecule has 3 amide bonds. The summed E-state index contributed by atoms with van der Waals surface area (Å²) in [6.45, 7) is 1.77. The highest BCUT2D eigenvalue weighted by Gasteiger charge is 2.42. The van der Waals surface area contributed by atoms with Crippen LogP contribution in [-0.2, 0) is 4.79 Å². The van der Waals surface area contributed by atoms with Crippen LogP contribution in [0.3, 0.4) is 0 Å². The summed E-state index contributed by atoms with van der Waals surface area (Å²) in [5, 5.41) is 4.18. The molecule has 0 fully saturated rings. The van der Waals surface area contributed by atoms with Gasteiger partial charge in [0.05, 0.1) is 5.56 Å². The van der Waals surface area contributed by atoms with Crippen molar-refractivity contribution in [2.75, 3.05) is 7.05 Å². The van der Waals surface area contributed by atoms with Crippen LogP contribution < -0.4 is 5.32 Å². The number of imide groups is 1. The van der Waals surface area contributed by atoms with Gasteiger partial charge in [-0.1, -0.05) is 6.92 Å². The van der Waals surface area contributed by atoms with E-state index in [1.807, 2.05) is 0 Å². The number of likely N-dealkylation sites (N-methyl/N-ethyl adjacent to an activating group) is 1. The largest absolute Gasteiger partial charge is 0.357 e. The molecule has 0 aromatic carbocycles. The Kier molecular flexibility index (Phi) is 2.97.